The number of aromatic nitrogens is 3. The number of ether oxygens (including phenoxy) is 3. The lowest BCUT2D eigenvalue weighted by molar-refractivity contribution is -0.102. The highest BCUT2D eigenvalue weighted by Crippen LogP contribution is 2.30. The van der Waals surface area contributed by atoms with Crippen molar-refractivity contribution in [2.75, 3.05) is 26.4 Å². The summed E-state index contributed by atoms with van der Waals surface area (Å²) in [4.78, 5) is 20.7. The number of benzene rings is 1. The predicted molar refractivity (Wildman–Crippen MR) is 114 cm³/mol. The second-order valence-electron chi connectivity index (χ2n) is 7.41. The molecular weight excluding hydrogens is 394 g/mol. The van der Waals surface area contributed by atoms with Crippen molar-refractivity contribution >= 4 is 0 Å². The molecule has 1 fully saturated rings. The molecular formula is C24H21N3O4. The monoisotopic (exact) mass is 415 g/mol. The van der Waals surface area contributed by atoms with E-state index >= 15 is 0 Å². The Morgan fingerprint density at radius 3 is 2.94 bits per heavy atom. The van der Waals surface area contributed by atoms with Gasteiger partial charge in [-0.3, -0.25) is 9.55 Å². The Kier molecular flexibility index (Phi) is 5.48. The Morgan fingerprint density at radius 2 is 2.10 bits per heavy atom. The highest BCUT2D eigenvalue weighted by Gasteiger charge is 2.20. The minimum atomic E-state index is -0.306. The van der Waals surface area contributed by atoms with Gasteiger partial charge in [0.05, 0.1) is 25.5 Å². The lowest BCUT2D eigenvalue weighted by Gasteiger charge is -2.24. The van der Waals surface area contributed by atoms with E-state index in [1.54, 1.807) is 17.0 Å². The molecule has 2 aromatic heterocycles. The van der Waals surface area contributed by atoms with Crippen molar-refractivity contribution in [1.82, 2.24) is 14.5 Å². The number of nitrogens with zero attached hydrogens (tertiary/aromatic N) is 3. The fourth-order valence-electron chi connectivity index (χ4n) is 3.75. The van der Waals surface area contributed by atoms with Crippen molar-refractivity contribution in [3.63, 3.8) is 0 Å². The van der Waals surface area contributed by atoms with Crippen LogP contribution in [0.25, 0.3) is 11.3 Å². The number of aryl methyl sites for hydroxylation is 1. The van der Waals surface area contributed by atoms with Gasteiger partial charge in [0, 0.05) is 41.7 Å². The van der Waals surface area contributed by atoms with Crippen LogP contribution in [-0.2, 0) is 22.4 Å². The van der Waals surface area contributed by atoms with Gasteiger partial charge in [-0.1, -0.05) is 17.9 Å². The molecule has 0 aliphatic carbocycles. The Labute approximate surface area is 179 Å². The first-order valence-electron chi connectivity index (χ1n) is 10.3. The van der Waals surface area contributed by atoms with Crippen molar-refractivity contribution in [1.29, 1.82) is 0 Å². The zero-order chi connectivity index (χ0) is 21.0. The van der Waals surface area contributed by atoms with Crippen molar-refractivity contribution in [3.8, 4) is 29.0 Å². The smallest absolute Gasteiger partial charge is 0.351 e. The summed E-state index contributed by atoms with van der Waals surface area (Å²) in [5.74, 6) is 6.63. The van der Waals surface area contributed by atoms with E-state index in [1.807, 2.05) is 30.3 Å². The number of hydrogen-bond donors (Lipinski definition) is 0. The van der Waals surface area contributed by atoms with Crippen molar-refractivity contribution in [2.45, 2.75) is 19.1 Å². The first kappa shape index (κ1) is 19.5. The fraction of sp³-hybridized carbons (Fsp3) is 0.292. The molecule has 1 aromatic carbocycles. The van der Waals surface area contributed by atoms with Gasteiger partial charge in [0.1, 0.15) is 12.7 Å². The van der Waals surface area contributed by atoms with Gasteiger partial charge in [-0.05, 0) is 36.2 Å². The Hall–Kier alpha value is -3.47. The van der Waals surface area contributed by atoms with Gasteiger partial charge in [-0.15, -0.1) is 0 Å². The van der Waals surface area contributed by atoms with Crippen molar-refractivity contribution in [3.05, 3.63) is 76.0 Å². The summed E-state index contributed by atoms with van der Waals surface area (Å²) in [7, 11) is 0. The van der Waals surface area contributed by atoms with E-state index in [0.29, 0.717) is 38.9 Å². The van der Waals surface area contributed by atoms with Gasteiger partial charge in [0.2, 0.25) is 5.88 Å². The molecule has 3 aromatic rings. The highest BCUT2D eigenvalue weighted by atomic mass is 16.6. The Morgan fingerprint density at radius 1 is 1.16 bits per heavy atom. The molecule has 0 radical (unpaired) electrons. The quantitative estimate of drug-likeness (QED) is 0.610. The van der Waals surface area contributed by atoms with Crippen LogP contribution in [-0.4, -0.2) is 47.1 Å². The largest absolute Gasteiger partial charge is 0.475 e. The standard InChI is InChI=1S/C24H21N3O4/c28-24-26-23(31-16-20-15-29-10-11-30-20)13-22-21-6-5-17(12-19(21)7-9-27(22)24)3-4-18-2-1-8-25-14-18/h1-2,5-6,8,12-14,20H,7,9-11,15-16H2. The van der Waals surface area contributed by atoms with Crippen molar-refractivity contribution in [2.24, 2.45) is 0 Å². The van der Waals surface area contributed by atoms with Gasteiger partial charge in [0.15, 0.2) is 0 Å². The van der Waals surface area contributed by atoms with E-state index in [2.05, 4.69) is 27.9 Å². The number of fused-ring (bicyclic) bond motifs is 3. The maximum absolute atomic E-state index is 12.6. The lowest BCUT2D eigenvalue weighted by Crippen LogP contribution is -2.34. The average Bonchev–Trinajstić information content (AvgIpc) is 2.82. The molecule has 156 valence electrons. The first-order valence-corrected chi connectivity index (χ1v) is 10.3. The average molecular weight is 415 g/mol. The van der Waals surface area contributed by atoms with Gasteiger partial charge in [-0.2, -0.15) is 4.98 Å². The van der Waals surface area contributed by atoms with Gasteiger partial charge < -0.3 is 14.2 Å². The van der Waals surface area contributed by atoms with E-state index in [4.69, 9.17) is 14.2 Å². The van der Waals surface area contributed by atoms with E-state index < -0.39 is 0 Å². The minimum absolute atomic E-state index is 0.150. The predicted octanol–water partition coefficient (Wildman–Crippen LogP) is 2.06. The molecule has 1 unspecified atom stereocenters. The molecule has 2 aliphatic heterocycles. The zero-order valence-corrected chi connectivity index (χ0v) is 16.9. The molecule has 5 rings (SSSR count). The second kappa shape index (κ2) is 8.72. The summed E-state index contributed by atoms with van der Waals surface area (Å²) in [6.07, 6.45) is 4.07. The summed E-state index contributed by atoms with van der Waals surface area (Å²) < 4.78 is 18.4. The van der Waals surface area contributed by atoms with Crippen molar-refractivity contribution < 1.29 is 14.2 Å². The van der Waals surface area contributed by atoms with Gasteiger partial charge in [0.25, 0.3) is 0 Å². The zero-order valence-electron chi connectivity index (χ0n) is 16.9. The van der Waals surface area contributed by atoms with Crippen LogP contribution in [0.4, 0.5) is 0 Å². The maximum atomic E-state index is 12.6. The topological polar surface area (TPSA) is 75.5 Å². The molecule has 0 N–H and O–H groups in total. The number of rotatable bonds is 3. The van der Waals surface area contributed by atoms with Crippen LogP contribution in [0.5, 0.6) is 5.88 Å². The number of hydrogen-bond acceptors (Lipinski definition) is 6. The molecule has 1 atom stereocenters. The fourth-order valence-corrected chi connectivity index (χ4v) is 3.75. The molecule has 0 saturated carbocycles. The number of pyridine rings is 1. The summed E-state index contributed by atoms with van der Waals surface area (Å²) in [5, 5.41) is 0. The molecule has 4 heterocycles. The van der Waals surface area contributed by atoms with Crippen LogP contribution < -0.4 is 10.4 Å². The molecule has 0 spiro atoms. The molecule has 0 bridgehead atoms. The van der Waals surface area contributed by atoms with Crippen LogP contribution in [0.2, 0.25) is 0 Å². The van der Waals surface area contributed by atoms with Crippen LogP contribution in [0.15, 0.2) is 53.6 Å². The first-order chi connectivity index (χ1) is 15.3. The molecule has 31 heavy (non-hydrogen) atoms. The Bertz CT molecular complexity index is 1200. The Balaban J connectivity index is 1.40. The molecule has 7 nitrogen and oxygen atoms in total. The third-order valence-electron chi connectivity index (χ3n) is 5.29. The van der Waals surface area contributed by atoms with E-state index in [0.717, 1.165) is 34.4 Å². The summed E-state index contributed by atoms with van der Waals surface area (Å²) >= 11 is 0. The summed E-state index contributed by atoms with van der Waals surface area (Å²) in [6, 6.07) is 11.7. The lowest BCUT2D eigenvalue weighted by atomic mass is 9.95. The normalized spacial score (nSPS) is 17.1. The molecule has 0 amide bonds. The highest BCUT2D eigenvalue weighted by molar-refractivity contribution is 5.68. The van der Waals surface area contributed by atoms with Gasteiger partial charge in [-0.25, -0.2) is 4.79 Å². The summed E-state index contributed by atoms with van der Waals surface area (Å²) in [6.45, 7) is 2.50. The van der Waals surface area contributed by atoms with Crippen LogP contribution in [0.1, 0.15) is 16.7 Å². The van der Waals surface area contributed by atoms with Crippen LogP contribution >= 0.6 is 0 Å². The van der Waals surface area contributed by atoms with Gasteiger partial charge >= 0.3 is 5.69 Å². The molecule has 2 aliphatic rings. The second-order valence-corrected chi connectivity index (χ2v) is 7.41. The van der Waals surface area contributed by atoms with E-state index in [1.165, 1.54) is 0 Å². The summed E-state index contributed by atoms with van der Waals surface area (Å²) in [5.41, 5.74) is 4.46. The van der Waals surface area contributed by atoms with E-state index in [-0.39, 0.29) is 11.8 Å². The van der Waals surface area contributed by atoms with Crippen LogP contribution in [0, 0.1) is 11.8 Å². The minimum Gasteiger partial charge on any atom is -0.475 e. The molecule has 1 saturated heterocycles. The maximum Gasteiger partial charge on any atom is 0.351 e. The van der Waals surface area contributed by atoms with Crippen LogP contribution in [0.3, 0.4) is 0 Å². The van der Waals surface area contributed by atoms with E-state index in [9.17, 15) is 4.79 Å². The third kappa shape index (κ3) is 4.36. The molecule has 7 heteroatoms. The SMILES string of the molecule is O=c1nc(OCC2COCCO2)cc2n1CCc1cc(C#Cc3cccnc3)ccc1-2. The third-order valence-corrected chi connectivity index (χ3v) is 5.29.